The van der Waals surface area contributed by atoms with Gasteiger partial charge in [0, 0.05) is 30.6 Å². The molecule has 2 fully saturated rings. The molecule has 0 spiro atoms. The number of hydrogen-bond acceptors (Lipinski definition) is 7. The lowest BCUT2D eigenvalue weighted by molar-refractivity contribution is -0.0363. The fraction of sp³-hybridized carbons (Fsp3) is 0.444. The van der Waals surface area contributed by atoms with E-state index in [2.05, 4.69) is 15.0 Å². The van der Waals surface area contributed by atoms with Gasteiger partial charge in [0.15, 0.2) is 0 Å². The number of nitrogens with zero attached hydrogens (tertiary/aromatic N) is 3. The average molecular weight is 496 g/mol. The minimum Gasteiger partial charge on any atom is -0.450 e. The first kappa shape index (κ1) is 24.4. The van der Waals surface area contributed by atoms with Crippen molar-refractivity contribution < 1.29 is 28.3 Å². The third-order valence-electron chi connectivity index (χ3n) is 7.15. The monoisotopic (exact) mass is 495 g/mol. The SMILES string of the molecule is O=C(O)OC1CN(Cc2ccc(-c3noc(COCC4(c5ccc(F)cc5)CCCCC4)n3)cc2)C1. The molecule has 3 aromatic rings. The van der Waals surface area contributed by atoms with Gasteiger partial charge in [-0.15, -0.1) is 0 Å². The summed E-state index contributed by atoms with van der Waals surface area (Å²) in [5, 5.41) is 12.8. The first-order valence-electron chi connectivity index (χ1n) is 12.4. The van der Waals surface area contributed by atoms with Crippen LogP contribution in [0.25, 0.3) is 11.4 Å². The van der Waals surface area contributed by atoms with Crippen molar-refractivity contribution in [1.82, 2.24) is 15.0 Å². The molecule has 0 atom stereocenters. The van der Waals surface area contributed by atoms with Gasteiger partial charge in [-0.2, -0.15) is 4.98 Å². The largest absolute Gasteiger partial charge is 0.506 e. The number of ether oxygens (including phenoxy) is 2. The van der Waals surface area contributed by atoms with Crippen LogP contribution in [0, 0.1) is 5.82 Å². The van der Waals surface area contributed by atoms with Crippen LogP contribution >= 0.6 is 0 Å². The number of carbonyl (C=O) groups is 1. The molecule has 0 amide bonds. The summed E-state index contributed by atoms with van der Waals surface area (Å²) >= 11 is 0. The topological polar surface area (TPSA) is 97.9 Å². The Morgan fingerprint density at radius 3 is 2.50 bits per heavy atom. The van der Waals surface area contributed by atoms with E-state index in [1.54, 1.807) is 0 Å². The zero-order valence-electron chi connectivity index (χ0n) is 20.1. The summed E-state index contributed by atoms with van der Waals surface area (Å²) in [4.78, 5) is 17.2. The molecule has 8 nitrogen and oxygen atoms in total. The normalized spacial score (nSPS) is 18.0. The molecular weight excluding hydrogens is 465 g/mol. The highest BCUT2D eigenvalue weighted by Crippen LogP contribution is 2.40. The van der Waals surface area contributed by atoms with E-state index in [0.29, 0.717) is 31.4 Å². The van der Waals surface area contributed by atoms with Crippen LogP contribution in [0.2, 0.25) is 0 Å². The van der Waals surface area contributed by atoms with E-state index >= 15 is 0 Å². The van der Waals surface area contributed by atoms with Crippen LogP contribution in [0.4, 0.5) is 9.18 Å². The standard InChI is InChI=1S/C27H30FN3O5/c28-22-10-8-21(9-11-22)27(12-2-1-3-13-27)18-34-17-24-29-25(30-36-24)20-6-4-19(5-7-20)14-31-15-23(16-31)35-26(32)33/h4-11,23H,1-3,12-18H2,(H,32,33). The second kappa shape index (κ2) is 10.8. The molecule has 1 N–H and O–H groups in total. The van der Waals surface area contributed by atoms with Gasteiger partial charge in [-0.25, -0.2) is 9.18 Å². The molecule has 0 unspecified atom stereocenters. The van der Waals surface area contributed by atoms with Crippen molar-refractivity contribution in [1.29, 1.82) is 0 Å². The predicted octanol–water partition coefficient (Wildman–Crippen LogP) is 5.17. The number of benzene rings is 2. The number of aromatic nitrogens is 2. The minimum absolute atomic E-state index is 0.110. The Morgan fingerprint density at radius 2 is 1.81 bits per heavy atom. The van der Waals surface area contributed by atoms with Crippen LogP contribution in [0.1, 0.15) is 49.1 Å². The second-order valence-electron chi connectivity index (χ2n) is 9.75. The number of hydrogen-bond donors (Lipinski definition) is 1. The summed E-state index contributed by atoms with van der Waals surface area (Å²) < 4.78 is 29.7. The first-order chi connectivity index (χ1) is 17.5. The highest BCUT2D eigenvalue weighted by molar-refractivity contribution is 5.57. The van der Waals surface area contributed by atoms with E-state index in [4.69, 9.17) is 19.1 Å². The molecule has 1 aliphatic carbocycles. The Morgan fingerprint density at radius 1 is 1.08 bits per heavy atom. The molecule has 0 bridgehead atoms. The third-order valence-corrected chi connectivity index (χ3v) is 7.15. The molecule has 2 aromatic carbocycles. The number of carboxylic acid groups (broad SMARTS) is 1. The van der Waals surface area contributed by atoms with Gasteiger partial charge in [0.05, 0.1) is 6.61 Å². The fourth-order valence-electron chi connectivity index (χ4n) is 5.20. The highest BCUT2D eigenvalue weighted by atomic mass is 19.1. The van der Waals surface area contributed by atoms with Gasteiger partial charge in [0.1, 0.15) is 18.5 Å². The van der Waals surface area contributed by atoms with Crippen LogP contribution in [-0.2, 0) is 28.0 Å². The highest BCUT2D eigenvalue weighted by Gasteiger charge is 2.34. The van der Waals surface area contributed by atoms with Gasteiger partial charge < -0.3 is 19.1 Å². The lowest BCUT2D eigenvalue weighted by atomic mass is 9.70. The van der Waals surface area contributed by atoms with Crippen LogP contribution in [0.15, 0.2) is 53.1 Å². The molecule has 1 saturated heterocycles. The quantitative estimate of drug-likeness (QED) is 0.406. The van der Waals surface area contributed by atoms with Gasteiger partial charge in [0.2, 0.25) is 5.82 Å². The summed E-state index contributed by atoms with van der Waals surface area (Å²) in [5.74, 6) is 0.700. The Kier molecular flexibility index (Phi) is 7.29. The Labute approximate surface area is 209 Å². The van der Waals surface area contributed by atoms with Crippen LogP contribution in [-0.4, -0.2) is 52.1 Å². The van der Waals surface area contributed by atoms with Gasteiger partial charge in [0.25, 0.3) is 5.89 Å². The molecule has 1 aliphatic heterocycles. The molecule has 5 rings (SSSR count). The molecule has 1 aromatic heterocycles. The summed E-state index contributed by atoms with van der Waals surface area (Å²) in [5.41, 5.74) is 2.97. The van der Waals surface area contributed by atoms with Crippen LogP contribution in [0.3, 0.4) is 0 Å². The van der Waals surface area contributed by atoms with Crippen molar-refractivity contribution in [2.75, 3.05) is 19.7 Å². The lowest BCUT2D eigenvalue weighted by Gasteiger charge is -2.37. The predicted molar refractivity (Wildman–Crippen MR) is 129 cm³/mol. The van der Waals surface area contributed by atoms with Crippen LogP contribution < -0.4 is 0 Å². The van der Waals surface area contributed by atoms with Crippen LogP contribution in [0.5, 0.6) is 0 Å². The molecule has 0 radical (unpaired) electrons. The summed E-state index contributed by atoms with van der Waals surface area (Å²) in [6.07, 6.45) is 4.05. The van der Waals surface area contributed by atoms with E-state index in [0.717, 1.165) is 48.9 Å². The summed E-state index contributed by atoms with van der Waals surface area (Å²) in [7, 11) is 0. The zero-order valence-corrected chi connectivity index (χ0v) is 20.1. The lowest BCUT2D eigenvalue weighted by Crippen LogP contribution is -2.52. The van der Waals surface area contributed by atoms with Gasteiger partial charge in [-0.3, -0.25) is 4.90 Å². The molecular formula is C27H30FN3O5. The van der Waals surface area contributed by atoms with E-state index in [1.807, 2.05) is 36.4 Å². The number of rotatable bonds is 9. The molecule has 2 heterocycles. The molecule has 190 valence electrons. The van der Waals surface area contributed by atoms with Gasteiger partial charge >= 0.3 is 6.16 Å². The van der Waals surface area contributed by atoms with Crippen molar-refractivity contribution >= 4 is 6.16 Å². The van der Waals surface area contributed by atoms with E-state index in [9.17, 15) is 9.18 Å². The maximum atomic E-state index is 13.5. The van der Waals surface area contributed by atoms with Gasteiger partial charge in [-0.05, 0) is 36.1 Å². The number of halogens is 1. The second-order valence-corrected chi connectivity index (χ2v) is 9.75. The first-order valence-corrected chi connectivity index (χ1v) is 12.4. The minimum atomic E-state index is -1.23. The van der Waals surface area contributed by atoms with Crippen molar-refractivity contribution in [3.05, 3.63) is 71.4 Å². The summed E-state index contributed by atoms with van der Waals surface area (Å²) in [6, 6.07) is 14.7. The number of likely N-dealkylation sites (tertiary alicyclic amines) is 1. The maximum absolute atomic E-state index is 13.5. The van der Waals surface area contributed by atoms with E-state index in [-0.39, 0.29) is 23.9 Å². The fourth-order valence-corrected chi connectivity index (χ4v) is 5.20. The maximum Gasteiger partial charge on any atom is 0.506 e. The van der Waals surface area contributed by atoms with Crippen molar-refractivity contribution in [2.45, 2.75) is 56.8 Å². The van der Waals surface area contributed by atoms with Gasteiger partial charge in [-0.1, -0.05) is 60.8 Å². The van der Waals surface area contributed by atoms with Crippen molar-refractivity contribution in [3.8, 4) is 11.4 Å². The Hall–Kier alpha value is -3.30. The third kappa shape index (κ3) is 5.74. The molecule has 36 heavy (non-hydrogen) atoms. The summed E-state index contributed by atoms with van der Waals surface area (Å²) in [6.45, 7) is 2.68. The smallest absolute Gasteiger partial charge is 0.450 e. The van der Waals surface area contributed by atoms with Crippen molar-refractivity contribution in [2.24, 2.45) is 0 Å². The molecule has 1 saturated carbocycles. The van der Waals surface area contributed by atoms with Crippen molar-refractivity contribution in [3.63, 3.8) is 0 Å². The zero-order chi connectivity index (χ0) is 25.0. The van der Waals surface area contributed by atoms with E-state index in [1.165, 1.54) is 18.6 Å². The molecule has 2 aliphatic rings. The Balaban J connectivity index is 1.14. The van der Waals surface area contributed by atoms with E-state index < -0.39 is 6.16 Å². The average Bonchev–Trinajstić information content (AvgIpc) is 3.33. The Bertz CT molecular complexity index is 1150. The molecule has 9 heteroatoms.